The molecule has 2 aromatic carbocycles. The molecule has 1 fully saturated rings. The highest BCUT2D eigenvalue weighted by molar-refractivity contribution is 7.92. The molecule has 0 saturated carbocycles. The van der Waals surface area contributed by atoms with E-state index >= 15 is 0 Å². The van der Waals surface area contributed by atoms with Crippen LogP contribution in [0.3, 0.4) is 0 Å². The monoisotopic (exact) mass is 474 g/mol. The summed E-state index contributed by atoms with van der Waals surface area (Å²) < 4.78 is 26.2. The summed E-state index contributed by atoms with van der Waals surface area (Å²) >= 11 is 0. The third-order valence-electron chi connectivity index (χ3n) is 5.89. The molecule has 0 aromatic heterocycles. The van der Waals surface area contributed by atoms with Gasteiger partial charge in [0.05, 0.1) is 16.9 Å². The number of carbonyl (C=O) groups is 1. The van der Waals surface area contributed by atoms with E-state index in [-0.39, 0.29) is 17.9 Å². The van der Waals surface area contributed by atoms with Gasteiger partial charge in [-0.1, -0.05) is 30.3 Å². The van der Waals surface area contributed by atoms with E-state index in [4.69, 9.17) is 0 Å². The molecular formula is C23H30N4O5S. The van der Waals surface area contributed by atoms with Crippen molar-refractivity contribution in [1.82, 2.24) is 10.2 Å². The SMILES string of the molecule is Cc1ccc([N+](=O)[O-])cc1N([C@@H](C)C(=O)NCc1ccccc1CN1CCCC1)S(C)(=O)=O. The molecule has 0 unspecified atom stereocenters. The molecule has 0 bridgehead atoms. The molecule has 0 spiro atoms. The lowest BCUT2D eigenvalue weighted by Crippen LogP contribution is -2.48. The number of nitrogens with zero attached hydrogens (tertiary/aromatic N) is 3. The molecule has 9 nitrogen and oxygen atoms in total. The molecule has 10 heteroatoms. The van der Waals surface area contributed by atoms with Crippen LogP contribution in [0.2, 0.25) is 0 Å². The number of amides is 1. The number of hydrogen-bond acceptors (Lipinski definition) is 6. The number of anilines is 1. The molecule has 1 atom stereocenters. The third-order valence-corrected chi connectivity index (χ3v) is 7.12. The Morgan fingerprint density at radius 3 is 2.42 bits per heavy atom. The Bertz CT molecular complexity index is 1130. The molecule has 0 radical (unpaired) electrons. The fraction of sp³-hybridized carbons (Fsp3) is 0.435. The van der Waals surface area contributed by atoms with Crippen LogP contribution in [-0.4, -0.2) is 49.5 Å². The second kappa shape index (κ2) is 10.3. The van der Waals surface area contributed by atoms with Crippen molar-refractivity contribution in [3.05, 3.63) is 69.3 Å². The molecule has 1 aliphatic rings. The van der Waals surface area contributed by atoms with Gasteiger partial charge in [-0.05, 0) is 56.5 Å². The standard InChI is InChI=1S/C23H30N4O5S/c1-17-10-11-21(27(29)30)14-22(17)26(33(3,31)32)18(2)23(28)24-15-19-8-4-5-9-20(19)16-25-12-6-7-13-25/h4-5,8-11,14,18H,6-7,12-13,15-16H2,1-3H3,(H,24,28)/t18-/m0/s1. The van der Waals surface area contributed by atoms with Crippen molar-refractivity contribution in [2.45, 2.75) is 45.8 Å². The highest BCUT2D eigenvalue weighted by Gasteiger charge is 2.31. The molecule has 1 N–H and O–H groups in total. The van der Waals surface area contributed by atoms with Crippen LogP contribution in [-0.2, 0) is 27.9 Å². The molecule has 1 saturated heterocycles. The summed E-state index contributed by atoms with van der Waals surface area (Å²) in [6.07, 6.45) is 3.37. The quantitative estimate of drug-likeness (QED) is 0.442. The number of hydrogen-bond donors (Lipinski definition) is 1. The van der Waals surface area contributed by atoms with Crippen molar-refractivity contribution in [3.8, 4) is 0 Å². The van der Waals surface area contributed by atoms with Crippen LogP contribution in [0.5, 0.6) is 0 Å². The number of carbonyl (C=O) groups excluding carboxylic acids is 1. The van der Waals surface area contributed by atoms with E-state index in [0.717, 1.165) is 41.3 Å². The lowest BCUT2D eigenvalue weighted by atomic mass is 10.1. The van der Waals surface area contributed by atoms with Crippen molar-refractivity contribution in [1.29, 1.82) is 0 Å². The number of benzene rings is 2. The first-order valence-electron chi connectivity index (χ1n) is 10.9. The Morgan fingerprint density at radius 2 is 1.82 bits per heavy atom. The Hall–Kier alpha value is -2.98. The van der Waals surface area contributed by atoms with E-state index in [1.54, 1.807) is 6.92 Å². The van der Waals surface area contributed by atoms with Crippen molar-refractivity contribution >= 4 is 27.3 Å². The van der Waals surface area contributed by atoms with Gasteiger partial charge in [0, 0.05) is 25.2 Å². The van der Waals surface area contributed by atoms with Crippen molar-refractivity contribution in [2.24, 2.45) is 0 Å². The normalized spacial score (nSPS) is 15.2. The number of likely N-dealkylation sites (tertiary alicyclic amines) is 1. The van der Waals surface area contributed by atoms with E-state index in [1.807, 2.05) is 24.3 Å². The van der Waals surface area contributed by atoms with Crippen molar-refractivity contribution in [3.63, 3.8) is 0 Å². The minimum atomic E-state index is -3.89. The summed E-state index contributed by atoms with van der Waals surface area (Å²) in [6.45, 7) is 6.32. The van der Waals surface area contributed by atoms with E-state index in [9.17, 15) is 23.3 Å². The van der Waals surface area contributed by atoms with Gasteiger partial charge in [-0.3, -0.25) is 24.1 Å². The number of rotatable bonds is 9. The molecule has 2 aromatic rings. The van der Waals surface area contributed by atoms with Crippen LogP contribution in [0.1, 0.15) is 36.5 Å². The summed E-state index contributed by atoms with van der Waals surface area (Å²) in [4.78, 5) is 26.0. The number of nitro groups is 1. The fourth-order valence-electron chi connectivity index (χ4n) is 4.13. The third kappa shape index (κ3) is 6.08. The van der Waals surface area contributed by atoms with Gasteiger partial charge in [0.1, 0.15) is 6.04 Å². The van der Waals surface area contributed by atoms with Crippen molar-refractivity contribution in [2.75, 3.05) is 23.7 Å². The Morgan fingerprint density at radius 1 is 1.18 bits per heavy atom. The van der Waals surface area contributed by atoms with Crippen LogP contribution in [0.4, 0.5) is 11.4 Å². The topological polar surface area (TPSA) is 113 Å². The van der Waals surface area contributed by atoms with E-state index in [2.05, 4.69) is 10.2 Å². The minimum absolute atomic E-state index is 0.115. The van der Waals surface area contributed by atoms with Gasteiger partial charge < -0.3 is 5.32 Å². The smallest absolute Gasteiger partial charge is 0.271 e. The zero-order valence-corrected chi connectivity index (χ0v) is 20.0. The molecule has 1 aliphatic heterocycles. The Balaban J connectivity index is 1.79. The predicted molar refractivity (Wildman–Crippen MR) is 127 cm³/mol. The number of aryl methyl sites for hydroxylation is 1. The van der Waals surface area contributed by atoms with Crippen LogP contribution >= 0.6 is 0 Å². The van der Waals surface area contributed by atoms with Crippen LogP contribution in [0.25, 0.3) is 0 Å². The van der Waals surface area contributed by atoms with Gasteiger partial charge in [0.15, 0.2) is 0 Å². The lowest BCUT2D eigenvalue weighted by Gasteiger charge is -2.29. The summed E-state index contributed by atoms with van der Waals surface area (Å²) in [5.41, 5.74) is 2.49. The van der Waals surface area contributed by atoms with Gasteiger partial charge in [-0.25, -0.2) is 8.42 Å². The Kier molecular flexibility index (Phi) is 7.70. The largest absolute Gasteiger partial charge is 0.350 e. The summed E-state index contributed by atoms with van der Waals surface area (Å²) in [7, 11) is -3.89. The molecule has 33 heavy (non-hydrogen) atoms. The van der Waals surface area contributed by atoms with E-state index in [0.29, 0.717) is 5.56 Å². The molecule has 178 valence electrons. The fourth-order valence-corrected chi connectivity index (χ4v) is 5.35. The van der Waals surface area contributed by atoms with Gasteiger partial charge in [-0.2, -0.15) is 0 Å². The maximum Gasteiger partial charge on any atom is 0.271 e. The van der Waals surface area contributed by atoms with E-state index in [1.165, 1.54) is 38.0 Å². The van der Waals surface area contributed by atoms with Crippen LogP contribution in [0.15, 0.2) is 42.5 Å². The number of non-ortho nitro benzene ring substituents is 1. The summed E-state index contributed by atoms with van der Waals surface area (Å²) in [6, 6.07) is 10.8. The molecule has 1 heterocycles. The Labute approximate surface area is 194 Å². The minimum Gasteiger partial charge on any atom is -0.350 e. The van der Waals surface area contributed by atoms with Crippen LogP contribution in [0, 0.1) is 17.0 Å². The van der Waals surface area contributed by atoms with Gasteiger partial charge in [0.2, 0.25) is 15.9 Å². The number of sulfonamides is 1. The highest BCUT2D eigenvalue weighted by Crippen LogP contribution is 2.29. The van der Waals surface area contributed by atoms with E-state index < -0.39 is 26.9 Å². The highest BCUT2D eigenvalue weighted by atomic mass is 32.2. The molecule has 0 aliphatic carbocycles. The van der Waals surface area contributed by atoms with Gasteiger partial charge in [0.25, 0.3) is 5.69 Å². The lowest BCUT2D eigenvalue weighted by molar-refractivity contribution is -0.384. The first kappa shape index (κ1) is 24.7. The number of nitro benzene ring substituents is 1. The maximum absolute atomic E-state index is 13.0. The zero-order valence-electron chi connectivity index (χ0n) is 19.2. The first-order chi connectivity index (χ1) is 15.6. The average molecular weight is 475 g/mol. The first-order valence-corrected chi connectivity index (χ1v) is 12.7. The molecule has 3 rings (SSSR count). The second-order valence-electron chi connectivity index (χ2n) is 8.43. The second-order valence-corrected chi connectivity index (χ2v) is 10.3. The van der Waals surface area contributed by atoms with Crippen LogP contribution < -0.4 is 9.62 Å². The van der Waals surface area contributed by atoms with Gasteiger partial charge in [-0.15, -0.1) is 0 Å². The summed E-state index contributed by atoms with van der Waals surface area (Å²) in [5.74, 6) is -0.484. The average Bonchev–Trinajstić information content (AvgIpc) is 3.26. The van der Waals surface area contributed by atoms with Gasteiger partial charge >= 0.3 is 0 Å². The molecule has 1 amide bonds. The number of nitrogens with one attached hydrogen (secondary N) is 1. The predicted octanol–water partition coefficient (Wildman–Crippen LogP) is 2.97. The zero-order chi connectivity index (χ0) is 24.2. The van der Waals surface area contributed by atoms with Crippen molar-refractivity contribution < 1.29 is 18.1 Å². The maximum atomic E-state index is 13.0. The molecular weight excluding hydrogens is 444 g/mol. The summed E-state index contributed by atoms with van der Waals surface area (Å²) in [5, 5.41) is 14.1.